The molecular weight excluding hydrogens is 420 g/mol. The zero-order valence-electron chi connectivity index (χ0n) is 18.3. The molecule has 0 radical (unpaired) electrons. The van der Waals surface area contributed by atoms with E-state index in [4.69, 9.17) is 4.98 Å². The van der Waals surface area contributed by atoms with Crippen LogP contribution >= 0.6 is 11.3 Å². The molecule has 0 bridgehead atoms. The van der Waals surface area contributed by atoms with Crippen LogP contribution in [0, 0.1) is 0 Å². The minimum absolute atomic E-state index is 0.0206. The first-order chi connectivity index (χ1) is 15.6. The third-order valence-corrected chi connectivity index (χ3v) is 7.47. The van der Waals surface area contributed by atoms with Crippen molar-refractivity contribution in [2.75, 3.05) is 13.1 Å². The number of carbonyl (C=O) groups excluding carboxylic acids is 1. The van der Waals surface area contributed by atoms with Crippen LogP contribution in [0.2, 0.25) is 0 Å². The fourth-order valence-corrected chi connectivity index (χ4v) is 5.48. The quantitative estimate of drug-likeness (QED) is 0.642. The van der Waals surface area contributed by atoms with Crippen molar-refractivity contribution in [3.63, 3.8) is 0 Å². The van der Waals surface area contributed by atoms with Gasteiger partial charge >= 0.3 is 0 Å². The number of nitrogens with one attached hydrogen (secondary N) is 1. The molecule has 32 heavy (non-hydrogen) atoms. The highest BCUT2D eigenvalue weighted by Crippen LogP contribution is 2.31. The maximum absolute atomic E-state index is 12.9. The molecule has 1 amide bonds. The fraction of sp³-hybridized carbons (Fsp3) is 0.400. The van der Waals surface area contributed by atoms with Gasteiger partial charge in [-0.15, -0.1) is 11.3 Å². The summed E-state index contributed by atoms with van der Waals surface area (Å²) in [5.74, 6) is 0.758. The van der Waals surface area contributed by atoms with Crippen molar-refractivity contribution in [1.82, 2.24) is 19.8 Å². The summed E-state index contributed by atoms with van der Waals surface area (Å²) in [6.07, 6.45) is 3.65. The average Bonchev–Trinajstić information content (AvgIpc) is 3.51. The normalized spacial score (nSPS) is 18.7. The Balaban J connectivity index is 1.37. The number of amides is 1. The lowest BCUT2D eigenvalue weighted by atomic mass is 10.1. The second-order valence-electron chi connectivity index (χ2n) is 8.63. The van der Waals surface area contributed by atoms with Gasteiger partial charge in [0, 0.05) is 18.7 Å². The highest BCUT2D eigenvalue weighted by Gasteiger charge is 2.31. The molecule has 1 fully saturated rings. The van der Waals surface area contributed by atoms with Gasteiger partial charge in [0.2, 0.25) is 0 Å². The molecule has 3 aromatic rings. The molecule has 166 valence electrons. The van der Waals surface area contributed by atoms with Gasteiger partial charge in [0.15, 0.2) is 0 Å². The molecule has 2 aliphatic heterocycles. The molecule has 0 aliphatic carbocycles. The molecule has 4 heterocycles. The summed E-state index contributed by atoms with van der Waals surface area (Å²) in [5, 5.41) is 1.91. The van der Waals surface area contributed by atoms with E-state index < -0.39 is 0 Å². The monoisotopic (exact) mass is 448 g/mol. The van der Waals surface area contributed by atoms with Crippen molar-refractivity contribution >= 4 is 17.2 Å². The predicted octanol–water partition coefficient (Wildman–Crippen LogP) is 3.93. The van der Waals surface area contributed by atoms with Crippen molar-refractivity contribution in [2.24, 2.45) is 0 Å². The van der Waals surface area contributed by atoms with E-state index in [2.05, 4.69) is 41.1 Å². The van der Waals surface area contributed by atoms with Crippen LogP contribution in [0.1, 0.15) is 63.7 Å². The SMILES string of the molecule is CCc1ccc(CN2CCC[C@H]2c2nc3c(c(=O)[nH]2)CCN(C(=O)c2cccs2)C3)cc1. The minimum atomic E-state index is -0.0487. The molecule has 0 unspecified atom stereocenters. The van der Waals surface area contributed by atoms with Gasteiger partial charge in [-0.05, 0) is 54.8 Å². The number of aromatic amines is 1. The van der Waals surface area contributed by atoms with Crippen molar-refractivity contribution in [1.29, 1.82) is 0 Å². The number of benzene rings is 1. The number of aromatic nitrogens is 2. The number of fused-ring (bicyclic) bond motifs is 1. The summed E-state index contributed by atoms with van der Waals surface area (Å²) >= 11 is 1.45. The number of hydrogen-bond donors (Lipinski definition) is 1. The molecule has 6 nitrogen and oxygen atoms in total. The first kappa shape index (κ1) is 21.1. The summed E-state index contributed by atoms with van der Waals surface area (Å²) in [4.78, 5) is 38.6. The number of H-pyrrole nitrogens is 1. The zero-order chi connectivity index (χ0) is 22.1. The van der Waals surface area contributed by atoms with Crippen LogP contribution in [0.3, 0.4) is 0 Å². The highest BCUT2D eigenvalue weighted by molar-refractivity contribution is 7.12. The van der Waals surface area contributed by atoms with E-state index in [1.54, 1.807) is 0 Å². The molecule has 7 heteroatoms. The molecular formula is C25H28N4O2S. The van der Waals surface area contributed by atoms with Crippen molar-refractivity contribution in [3.05, 3.63) is 85.2 Å². The van der Waals surface area contributed by atoms with Gasteiger partial charge in [0.1, 0.15) is 5.82 Å². The number of likely N-dealkylation sites (tertiary alicyclic amines) is 1. The van der Waals surface area contributed by atoms with E-state index in [9.17, 15) is 9.59 Å². The molecule has 1 N–H and O–H groups in total. The van der Waals surface area contributed by atoms with E-state index >= 15 is 0 Å². The van der Waals surface area contributed by atoms with Gasteiger partial charge in [-0.25, -0.2) is 4.98 Å². The smallest absolute Gasteiger partial charge is 0.264 e. The van der Waals surface area contributed by atoms with Gasteiger partial charge in [-0.3, -0.25) is 14.5 Å². The number of rotatable bonds is 5. The van der Waals surface area contributed by atoms with Gasteiger partial charge in [0.25, 0.3) is 11.5 Å². The molecule has 2 aromatic heterocycles. The van der Waals surface area contributed by atoms with Crippen LogP contribution in [-0.4, -0.2) is 38.8 Å². The Labute approximate surface area is 191 Å². The van der Waals surface area contributed by atoms with E-state index in [0.29, 0.717) is 19.5 Å². The Morgan fingerprint density at radius 1 is 1.19 bits per heavy atom. The lowest BCUT2D eigenvalue weighted by Gasteiger charge is -2.29. The number of aryl methyl sites for hydroxylation is 1. The Morgan fingerprint density at radius 3 is 2.75 bits per heavy atom. The molecule has 1 atom stereocenters. The number of thiophene rings is 1. The first-order valence-corrected chi connectivity index (χ1v) is 12.3. The van der Waals surface area contributed by atoms with Crippen LogP contribution in [0.25, 0.3) is 0 Å². The van der Waals surface area contributed by atoms with Crippen LogP contribution in [-0.2, 0) is 25.9 Å². The molecule has 1 aromatic carbocycles. The summed E-state index contributed by atoms with van der Waals surface area (Å²) in [6.45, 7) is 4.95. The van der Waals surface area contributed by atoms with E-state index in [0.717, 1.165) is 54.3 Å². The predicted molar refractivity (Wildman–Crippen MR) is 126 cm³/mol. The minimum Gasteiger partial charge on any atom is -0.332 e. The lowest BCUT2D eigenvalue weighted by molar-refractivity contribution is 0.0735. The summed E-state index contributed by atoms with van der Waals surface area (Å²) in [5.41, 5.74) is 4.05. The molecule has 1 saturated heterocycles. The average molecular weight is 449 g/mol. The van der Waals surface area contributed by atoms with Gasteiger partial charge < -0.3 is 9.88 Å². The van der Waals surface area contributed by atoms with Gasteiger partial charge in [-0.2, -0.15) is 0 Å². The Bertz CT molecular complexity index is 1150. The standard InChI is InChI=1S/C25H28N4O2S/c1-2-17-7-9-18(10-8-17)15-28-12-3-5-21(28)23-26-20-16-29(13-11-19(20)24(30)27-23)25(31)22-6-4-14-32-22/h4,6-10,14,21H,2-3,5,11-13,15-16H2,1H3,(H,26,27,30)/t21-/m0/s1. The topological polar surface area (TPSA) is 69.3 Å². The van der Waals surface area contributed by atoms with Gasteiger partial charge in [0.05, 0.1) is 23.2 Å². The van der Waals surface area contributed by atoms with Crippen LogP contribution in [0.4, 0.5) is 0 Å². The Morgan fingerprint density at radius 2 is 2.00 bits per heavy atom. The van der Waals surface area contributed by atoms with Crippen LogP contribution < -0.4 is 5.56 Å². The number of nitrogens with zero attached hydrogens (tertiary/aromatic N) is 3. The number of carbonyl (C=O) groups is 1. The second kappa shape index (κ2) is 9.00. The Hall–Kier alpha value is -2.77. The van der Waals surface area contributed by atoms with E-state index in [1.165, 1.54) is 22.5 Å². The largest absolute Gasteiger partial charge is 0.332 e. The maximum Gasteiger partial charge on any atom is 0.264 e. The van der Waals surface area contributed by atoms with E-state index in [1.807, 2.05) is 22.4 Å². The maximum atomic E-state index is 12.9. The lowest BCUT2D eigenvalue weighted by Crippen LogP contribution is -2.39. The van der Waals surface area contributed by atoms with E-state index in [-0.39, 0.29) is 17.5 Å². The fourth-order valence-electron chi connectivity index (χ4n) is 4.79. The number of hydrogen-bond acceptors (Lipinski definition) is 5. The van der Waals surface area contributed by atoms with Gasteiger partial charge in [-0.1, -0.05) is 37.3 Å². The van der Waals surface area contributed by atoms with Crippen LogP contribution in [0.15, 0.2) is 46.6 Å². The first-order valence-electron chi connectivity index (χ1n) is 11.4. The molecule has 2 aliphatic rings. The molecule has 5 rings (SSSR count). The third kappa shape index (κ3) is 4.14. The summed E-state index contributed by atoms with van der Waals surface area (Å²) in [6, 6.07) is 12.6. The van der Waals surface area contributed by atoms with Crippen molar-refractivity contribution in [3.8, 4) is 0 Å². The Kier molecular flexibility index (Phi) is 5.93. The van der Waals surface area contributed by atoms with Crippen molar-refractivity contribution in [2.45, 2.75) is 51.7 Å². The molecule has 0 spiro atoms. The van der Waals surface area contributed by atoms with Crippen LogP contribution in [0.5, 0.6) is 0 Å². The third-order valence-electron chi connectivity index (χ3n) is 6.61. The highest BCUT2D eigenvalue weighted by atomic mass is 32.1. The summed E-state index contributed by atoms with van der Waals surface area (Å²) < 4.78 is 0. The molecule has 0 saturated carbocycles. The second-order valence-corrected chi connectivity index (χ2v) is 9.58. The summed E-state index contributed by atoms with van der Waals surface area (Å²) in [7, 11) is 0. The zero-order valence-corrected chi connectivity index (χ0v) is 19.2. The van der Waals surface area contributed by atoms with Crippen molar-refractivity contribution < 1.29 is 4.79 Å².